The van der Waals surface area contributed by atoms with E-state index in [0.717, 1.165) is 12.1 Å². The molecule has 90 valence electrons. The van der Waals surface area contributed by atoms with Crippen LogP contribution >= 0.6 is 0 Å². The Bertz CT molecular complexity index is 372. The topological polar surface area (TPSA) is 83.8 Å². The first kappa shape index (κ1) is 12.5. The Morgan fingerprint density at radius 2 is 2.19 bits per heavy atom. The number of nitrogens with two attached hydrogens (primary N) is 1. The predicted molar refractivity (Wildman–Crippen MR) is 64.1 cm³/mol. The number of H-pyrrole nitrogens is 1. The zero-order chi connectivity index (χ0) is 12.3. The molecule has 0 spiro atoms. The second-order valence-corrected chi connectivity index (χ2v) is 4.26. The molecule has 0 saturated heterocycles. The molecule has 0 bridgehead atoms. The Hall–Kier alpha value is -1.52. The molecule has 5 heteroatoms. The van der Waals surface area contributed by atoms with Crippen LogP contribution in [0.5, 0.6) is 0 Å². The minimum atomic E-state index is -0.213. The number of carbonyl (C=O) groups is 1. The first-order valence-electron chi connectivity index (χ1n) is 5.58. The minimum Gasteiger partial charge on any atom is -0.395 e. The van der Waals surface area contributed by atoms with E-state index in [1.807, 2.05) is 6.92 Å². The van der Waals surface area contributed by atoms with E-state index in [9.17, 15) is 4.79 Å². The van der Waals surface area contributed by atoms with Gasteiger partial charge in [-0.05, 0) is 19.8 Å². The lowest BCUT2D eigenvalue weighted by Crippen LogP contribution is -2.37. The summed E-state index contributed by atoms with van der Waals surface area (Å²) in [5.74, 6) is 0.222. The van der Waals surface area contributed by atoms with Gasteiger partial charge in [0.25, 0.3) is 5.91 Å². The summed E-state index contributed by atoms with van der Waals surface area (Å²) >= 11 is 0. The molecule has 0 radical (unpaired) electrons. The van der Waals surface area contributed by atoms with E-state index in [1.54, 1.807) is 6.92 Å². The van der Waals surface area contributed by atoms with Gasteiger partial charge in [-0.1, -0.05) is 20.3 Å². The van der Waals surface area contributed by atoms with Crippen molar-refractivity contribution in [3.63, 3.8) is 0 Å². The van der Waals surface area contributed by atoms with Crippen molar-refractivity contribution in [2.45, 2.75) is 40.2 Å². The maximum Gasteiger partial charge on any atom is 0.274 e. The van der Waals surface area contributed by atoms with E-state index in [-0.39, 0.29) is 17.6 Å². The SMILES string of the molecule is CCC(C)C(C)NC(=O)c1n[nH]c(C)c1N. The molecule has 1 amide bonds. The van der Waals surface area contributed by atoms with Crippen molar-refractivity contribution in [1.29, 1.82) is 0 Å². The number of hydrogen-bond acceptors (Lipinski definition) is 3. The number of aryl methyl sites for hydroxylation is 1. The Kier molecular flexibility index (Phi) is 3.93. The zero-order valence-corrected chi connectivity index (χ0v) is 10.3. The summed E-state index contributed by atoms with van der Waals surface area (Å²) < 4.78 is 0. The molecule has 0 aromatic carbocycles. The van der Waals surface area contributed by atoms with Crippen LogP contribution in [0.3, 0.4) is 0 Å². The quantitative estimate of drug-likeness (QED) is 0.724. The molecule has 0 saturated carbocycles. The van der Waals surface area contributed by atoms with Gasteiger partial charge in [0.15, 0.2) is 5.69 Å². The van der Waals surface area contributed by atoms with Gasteiger partial charge in [-0.15, -0.1) is 0 Å². The van der Waals surface area contributed by atoms with Crippen LogP contribution in [0.1, 0.15) is 43.4 Å². The minimum absolute atomic E-state index is 0.119. The van der Waals surface area contributed by atoms with E-state index in [2.05, 4.69) is 29.4 Å². The Morgan fingerprint density at radius 1 is 1.56 bits per heavy atom. The second kappa shape index (κ2) is 5.01. The summed E-state index contributed by atoms with van der Waals surface area (Å²) in [6, 6.07) is 0.119. The van der Waals surface area contributed by atoms with E-state index >= 15 is 0 Å². The molecule has 0 fully saturated rings. The number of amides is 1. The average molecular weight is 224 g/mol. The van der Waals surface area contributed by atoms with E-state index in [1.165, 1.54) is 0 Å². The van der Waals surface area contributed by atoms with Crippen molar-refractivity contribution >= 4 is 11.6 Å². The number of rotatable bonds is 4. The van der Waals surface area contributed by atoms with Crippen LogP contribution in [0.25, 0.3) is 0 Å². The number of aromatic amines is 1. The molecular weight excluding hydrogens is 204 g/mol. The summed E-state index contributed by atoms with van der Waals surface area (Å²) in [7, 11) is 0. The first-order chi connectivity index (χ1) is 7.47. The molecule has 1 aromatic heterocycles. The van der Waals surface area contributed by atoms with Crippen LogP contribution in [0.15, 0.2) is 0 Å². The van der Waals surface area contributed by atoms with Crippen molar-refractivity contribution in [2.75, 3.05) is 5.73 Å². The average Bonchev–Trinajstić information content (AvgIpc) is 2.58. The highest BCUT2D eigenvalue weighted by Gasteiger charge is 2.19. The fourth-order valence-corrected chi connectivity index (χ4v) is 1.38. The second-order valence-electron chi connectivity index (χ2n) is 4.26. The summed E-state index contributed by atoms with van der Waals surface area (Å²) in [6.45, 7) is 7.98. The maximum absolute atomic E-state index is 11.8. The number of aromatic nitrogens is 2. The number of carbonyl (C=O) groups excluding carboxylic acids is 1. The largest absolute Gasteiger partial charge is 0.395 e. The third-order valence-corrected chi connectivity index (χ3v) is 3.07. The van der Waals surface area contributed by atoms with Crippen LogP contribution in [0.2, 0.25) is 0 Å². The van der Waals surface area contributed by atoms with E-state index in [0.29, 0.717) is 11.6 Å². The first-order valence-corrected chi connectivity index (χ1v) is 5.58. The Balaban J connectivity index is 2.69. The van der Waals surface area contributed by atoms with Gasteiger partial charge in [-0.25, -0.2) is 0 Å². The van der Waals surface area contributed by atoms with Gasteiger partial charge in [-0.2, -0.15) is 5.10 Å². The molecule has 16 heavy (non-hydrogen) atoms. The van der Waals surface area contributed by atoms with Gasteiger partial charge in [0.05, 0.1) is 11.4 Å². The molecule has 0 aliphatic heterocycles. The molecule has 0 aliphatic carbocycles. The van der Waals surface area contributed by atoms with Gasteiger partial charge >= 0.3 is 0 Å². The van der Waals surface area contributed by atoms with Crippen molar-refractivity contribution in [1.82, 2.24) is 15.5 Å². The molecule has 4 N–H and O–H groups in total. The standard InChI is InChI=1S/C11H20N4O/c1-5-6(2)7(3)13-11(16)10-9(12)8(4)14-15-10/h6-7H,5,12H2,1-4H3,(H,13,16)(H,14,15). The molecule has 2 atom stereocenters. The zero-order valence-electron chi connectivity index (χ0n) is 10.3. The number of anilines is 1. The highest BCUT2D eigenvalue weighted by Crippen LogP contribution is 2.13. The van der Waals surface area contributed by atoms with Crippen molar-refractivity contribution in [3.05, 3.63) is 11.4 Å². The number of hydrogen-bond donors (Lipinski definition) is 3. The molecule has 1 rings (SSSR count). The Labute approximate surface area is 95.8 Å². The van der Waals surface area contributed by atoms with Gasteiger partial charge in [0.2, 0.25) is 0 Å². The normalized spacial score (nSPS) is 14.5. The number of nitrogens with one attached hydrogen (secondary N) is 2. The van der Waals surface area contributed by atoms with Crippen molar-refractivity contribution in [2.24, 2.45) is 5.92 Å². The molecule has 0 aliphatic rings. The molecule has 2 unspecified atom stereocenters. The fourth-order valence-electron chi connectivity index (χ4n) is 1.38. The van der Waals surface area contributed by atoms with Crippen molar-refractivity contribution < 1.29 is 4.79 Å². The highest BCUT2D eigenvalue weighted by molar-refractivity contribution is 5.97. The van der Waals surface area contributed by atoms with Crippen LogP contribution in [-0.4, -0.2) is 22.1 Å². The van der Waals surface area contributed by atoms with Gasteiger partial charge < -0.3 is 11.1 Å². The van der Waals surface area contributed by atoms with Crippen LogP contribution in [-0.2, 0) is 0 Å². The van der Waals surface area contributed by atoms with E-state index < -0.39 is 0 Å². The summed E-state index contributed by atoms with van der Waals surface area (Å²) in [5, 5.41) is 9.49. The Morgan fingerprint density at radius 3 is 2.62 bits per heavy atom. The van der Waals surface area contributed by atoms with Gasteiger partial charge in [0.1, 0.15) is 0 Å². The smallest absolute Gasteiger partial charge is 0.274 e. The summed E-state index contributed by atoms with van der Waals surface area (Å²) in [5.41, 5.74) is 7.17. The molecule has 5 nitrogen and oxygen atoms in total. The molecule has 1 aromatic rings. The third-order valence-electron chi connectivity index (χ3n) is 3.07. The lowest BCUT2D eigenvalue weighted by Gasteiger charge is -2.19. The fraction of sp³-hybridized carbons (Fsp3) is 0.636. The number of nitrogens with zero attached hydrogens (tertiary/aromatic N) is 1. The van der Waals surface area contributed by atoms with Crippen LogP contribution in [0.4, 0.5) is 5.69 Å². The van der Waals surface area contributed by atoms with Crippen molar-refractivity contribution in [3.8, 4) is 0 Å². The highest BCUT2D eigenvalue weighted by atomic mass is 16.2. The lowest BCUT2D eigenvalue weighted by atomic mass is 10.0. The number of nitrogen functional groups attached to an aromatic ring is 1. The monoisotopic (exact) mass is 224 g/mol. The molecular formula is C11H20N4O. The third kappa shape index (κ3) is 2.53. The summed E-state index contributed by atoms with van der Waals surface area (Å²) in [4.78, 5) is 11.8. The van der Waals surface area contributed by atoms with Gasteiger partial charge in [-0.3, -0.25) is 9.89 Å². The van der Waals surface area contributed by atoms with Crippen LogP contribution in [0, 0.1) is 12.8 Å². The summed E-state index contributed by atoms with van der Waals surface area (Å²) in [6.07, 6.45) is 1.02. The van der Waals surface area contributed by atoms with Gasteiger partial charge in [0, 0.05) is 6.04 Å². The predicted octanol–water partition coefficient (Wildman–Crippen LogP) is 1.46. The van der Waals surface area contributed by atoms with E-state index in [4.69, 9.17) is 5.73 Å². The maximum atomic E-state index is 11.8. The lowest BCUT2D eigenvalue weighted by molar-refractivity contribution is 0.0924. The van der Waals surface area contributed by atoms with Crippen LogP contribution < -0.4 is 11.1 Å². The molecule has 1 heterocycles.